The number of piperidine rings is 1. The summed E-state index contributed by atoms with van der Waals surface area (Å²) < 4.78 is 31.1. The number of rotatable bonds is 4. The van der Waals surface area contributed by atoms with Gasteiger partial charge < -0.3 is 11.1 Å². The molecule has 1 saturated heterocycles. The number of nitrogens with zero attached hydrogens (tertiary/aromatic N) is 1. The maximum atomic E-state index is 11.9. The average Bonchev–Trinajstić information content (AvgIpc) is 2.41. The first kappa shape index (κ1) is 15.9. The van der Waals surface area contributed by atoms with E-state index in [0.717, 1.165) is 25.9 Å². The molecule has 2 rings (SSSR count). The van der Waals surface area contributed by atoms with Crippen LogP contribution in [0.1, 0.15) is 12.8 Å². The van der Waals surface area contributed by atoms with E-state index in [1.165, 1.54) is 18.2 Å². The highest BCUT2D eigenvalue weighted by molar-refractivity contribution is 7.85. The number of nitrogens with two attached hydrogens (primary N) is 1. The van der Waals surface area contributed by atoms with Gasteiger partial charge in [-0.2, -0.15) is 8.42 Å². The average molecular weight is 313 g/mol. The molecule has 1 aliphatic heterocycles. The summed E-state index contributed by atoms with van der Waals surface area (Å²) in [6, 6.07) is 5.71. The lowest BCUT2D eigenvalue weighted by molar-refractivity contribution is -0.117. The Kier molecular flexibility index (Phi) is 4.94. The van der Waals surface area contributed by atoms with Gasteiger partial charge in [0.1, 0.15) is 0 Å². The number of amides is 1. The predicted molar refractivity (Wildman–Crippen MR) is 78.5 cm³/mol. The van der Waals surface area contributed by atoms with Gasteiger partial charge in [0, 0.05) is 24.8 Å². The summed E-state index contributed by atoms with van der Waals surface area (Å²) in [5.74, 6) is -0.224. The van der Waals surface area contributed by atoms with Crippen molar-refractivity contribution in [2.24, 2.45) is 5.73 Å². The van der Waals surface area contributed by atoms with Crippen LogP contribution in [0, 0.1) is 0 Å². The molecule has 0 atom stereocenters. The van der Waals surface area contributed by atoms with E-state index in [-0.39, 0.29) is 23.4 Å². The van der Waals surface area contributed by atoms with Gasteiger partial charge in [0.15, 0.2) is 0 Å². The monoisotopic (exact) mass is 313 g/mol. The lowest BCUT2D eigenvalue weighted by Gasteiger charge is -2.29. The maximum absolute atomic E-state index is 11.9. The molecule has 0 unspecified atom stereocenters. The molecule has 0 spiro atoms. The maximum Gasteiger partial charge on any atom is 0.294 e. The lowest BCUT2D eigenvalue weighted by atomic mass is 10.1. The summed E-state index contributed by atoms with van der Waals surface area (Å²) in [5.41, 5.74) is 6.14. The van der Waals surface area contributed by atoms with Gasteiger partial charge in [0.25, 0.3) is 10.1 Å². The van der Waals surface area contributed by atoms with E-state index in [0.29, 0.717) is 5.69 Å². The first-order valence-corrected chi connectivity index (χ1v) is 8.14. The molecular weight excluding hydrogens is 294 g/mol. The van der Waals surface area contributed by atoms with E-state index in [1.807, 2.05) is 4.90 Å². The zero-order valence-electron chi connectivity index (χ0n) is 11.5. The van der Waals surface area contributed by atoms with Gasteiger partial charge in [-0.3, -0.25) is 14.2 Å². The fourth-order valence-electron chi connectivity index (χ4n) is 2.25. The highest BCUT2D eigenvalue weighted by atomic mass is 32.2. The van der Waals surface area contributed by atoms with Crippen LogP contribution in [0.4, 0.5) is 5.69 Å². The molecule has 8 heteroatoms. The van der Waals surface area contributed by atoms with Crippen LogP contribution in [0.25, 0.3) is 0 Å². The Morgan fingerprint density at radius 1 is 1.38 bits per heavy atom. The van der Waals surface area contributed by atoms with E-state index in [9.17, 15) is 13.2 Å². The molecule has 4 N–H and O–H groups in total. The largest absolute Gasteiger partial charge is 0.328 e. The van der Waals surface area contributed by atoms with Crippen molar-refractivity contribution >= 4 is 21.7 Å². The molecule has 7 nitrogen and oxygen atoms in total. The van der Waals surface area contributed by atoms with Crippen LogP contribution in [0.3, 0.4) is 0 Å². The minimum absolute atomic E-state index is 0.204. The Hall–Kier alpha value is -1.48. The fourth-order valence-corrected chi connectivity index (χ4v) is 2.78. The molecule has 0 bridgehead atoms. The Bertz CT molecular complexity index is 610. The number of nitrogens with one attached hydrogen (secondary N) is 1. The van der Waals surface area contributed by atoms with Crippen molar-refractivity contribution in [1.82, 2.24) is 4.90 Å². The first-order valence-electron chi connectivity index (χ1n) is 6.70. The lowest BCUT2D eigenvalue weighted by Crippen LogP contribution is -2.43. The topological polar surface area (TPSA) is 113 Å². The summed E-state index contributed by atoms with van der Waals surface area (Å²) >= 11 is 0. The van der Waals surface area contributed by atoms with E-state index in [4.69, 9.17) is 10.3 Å². The van der Waals surface area contributed by atoms with Crippen LogP contribution in [0.2, 0.25) is 0 Å². The van der Waals surface area contributed by atoms with Crippen molar-refractivity contribution in [2.45, 2.75) is 23.8 Å². The molecule has 1 aromatic rings. The van der Waals surface area contributed by atoms with Crippen molar-refractivity contribution in [3.8, 4) is 0 Å². The third-order valence-corrected chi connectivity index (χ3v) is 4.26. The zero-order valence-corrected chi connectivity index (χ0v) is 12.3. The van der Waals surface area contributed by atoms with Gasteiger partial charge in [-0.15, -0.1) is 0 Å². The third kappa shape index (κ3) is 4.78. The van der Waals surface area contributed by atoms with Crippen LogP contribution in [0.15, 0.2) is 29.2 Å². The van der Waals surface area contributed by atoms with Gasteiger partial charge >= 0.3 is 0 Å². The highest BCUT2D eigenvalue weighted by Crippen LogP contribution is 2.15. The molecule has 0 saturated carbocycles. The molecule has 21 heavy (non-hydrogen) atoms. The molecule has 1 amide bonds. The molecule has 1 aliphatic rings. The number of carbonyl (C=O) groups is 1. The van der Waals surface area contributed by atoms with Crippen molar-refractivity contribution < 1.29 is 17.8 Å². The molecule has 1 aromatic carbocycles. The van der Waals surface area contributed by atoms with Crippen molar-refractivity contribution in [3.63, 3.8) is 0 Å². The number of carbonyl (C=O) groups excluding carboxylic acids is 1. The highest BCUT2D eigenvalue weighted by Gasteiger charge is 2.18. The normalized spacial score (nSPS) is 17.6. The van der Waals surface area contributed by atoms with Crippen LogP contribution < -0.4 is 11.1 Å². The number of hydrogen-bond donors (Lipinski definition) is 3. The standard InChI is InChI=1S/C13H19N3O4S/c14-10-4-6-16(7-5-10)9-13(17)15-11-2-1-3-12(8-11)21(18,19)20/h1-3,8,10H,4-7,9,14H2,(H,15,17)(H,18,19,20). The number of benzene rings is 1. The quantitative estimate of drug-likeness (QED) is 0.689. The van der Waals surface area contributed by atoms with E-state index in [2.05, 4.69) is 5.32 Å². The Balaban J connectivity index is 1.94. The molecule has 0 aliphatic carbocycles. The summed E-state index contributed by atoms with van der Waals surface area (Å²) in [5, 5.41) is 2.63. The first-order chi connectivity index (χ1) is 9.84. The summed E-state index contributed by atoms with van der Waals surface area (Å²) in [6.07, 6.45) is 1.73. The van der Waals surface area contributed by atoms with Gasteiger partial charge in [-0.25, -0.2) is 0 Å². The van der Waals surface area contributed by atoms with Crippen molar-refractivity contribution in [3.05, 3.63) is 24.3 Å². The molecule has 0 aromatic heterocycles. The molecule has 1 fully saturated rings. The van der Waals surface area contributed by atoms with Crippen LogP contribution >= 0.6 is 0 Å². The second-order valence-corrected chi connectivity index (χ2v) is 6.59. The Morgan fingerprint density at radius 2 is 2.05 bits per heavy atom. The minimum Gasteiger partial charge on any atom is -0.328 e. The van der Waals surface area contributed by atoms with Crippen molar-refractivity contribution in [2.75, 3.05) is 25.0 Å². The van der Waals surface area contributed by atoms with Crippen LogP contribution in [-0.2, 0) is 14.9 Å². The molecule has 116 valence electrons. The van der Waals surface area contributed by atoms with Gasteiger partial charge in [-0.05, 0) is 31.0 Å². The van der Waals surface area contributed by atoms with Crippen LogP contribution in [0.5, 0.6) is 0 Å². The number of anilines is 1. The second kappa shape index (κ2) is 6.52. The van der Waals surface area contributed by atoms with Crippen LogP contribution in [-0.4, -0.2) is 49.5 Å². The zero-order chi connectivity index (χ0) is 15.5. The second-order valence-electron chi connectivity index (χ2n) is 5.16. The summed E-state index contributed by atoms with van der Waals surface area (Å²) in [7, 11) is -4.27. The van der Waals surface area contributed by atoms with E-state index in [1.54, 1.807) is 6.07 Å². The van der Waals surface area contributed by atoms with Gasteiger partial charge in [-0.1, -0.05) is 6.07 Å². The number of likely N-dealkylation sites (tertiary alicyclic amines) is 1. The molecule has 0 radical (unpaired) electrons. The summed E-state index contributed by atoms with van der Waals surface area (Å²) in [4.78, 5) is 13.7. The molecule has 1 heterocycles. The smallest absolute Gasteiger partial charge is 0.294 e. The van der Waals surface area contributed by atoms with E-state index < -0.39 is 10.1 Å². The van der Waals surface area contributed by atoms with Gasteiger partial charge in [0.2, 0.25) is 5.91 Å². The Morgan fingerprint density at radius 3 is 2.67 bits per heavy atom. The number of hydrogen-bond acceptors (Lipinski definition) is 5. The SMILES string of the molecule is NC1CCN(CC(=O)Nc2cccc(S(=O)(=O)O)c2)CC1. The predicted octanol–water partition coefficient (Wildman–Crippen LogP) is 0.295. The third-order valence-electron chi connectivity index (χ3n) is 3.42. The summed E-state index contributed by atoms with van der Waals surface area (Å²) in [6.45, 7) is 1.79. The minimum atomic E-state index is -4.27. The fraction of sp³-hybridized carbons (Fsp3) is 0.462. The van der Waals surface area contributed by atoms with Crippen molar-refractivity contribution in [1.29, 1.82) is 0 Å². The van der Waals surface area contributed by atoms with Gasteiger partial charge in [0.05, 0.1) is 11.4 Å². The molecular formula is C13H19N3O4S. The van der Waals surface area contributed by atoms with E-state index >= 15 is 0 Å². The Labute approximate surface area is 123 Å².